The van der Waals surface area contributed by atoms with Gasteiger partial charge in [0.25, 0.3) is 0 Å². The van der Waals surface area contributed by atoms with Crippen molar-refractivity contribution < 1.29 is 0 Å². The van der Waals surface area contributed by atoms with Crippen LogP contribution in [0.1, 0.15) is 72.1 Å². The lowest BCUT2D eigenvalue weighted by Gasteiger charge is -2.18. The van der Waals surface area contributed by atoms with Gasteiger partial charge in [-0.25, -0.2) is 0 Å². The standard InChI is InChI=1S/C18H30/c1-4-7-8-9-10-13-18-14-11-12-16(5-2)15-17(18)6-3/h5,11-12,14,17H,4,6-10,13,15H2,1-3H3/b16-5-. The summed E-state index contributed by atoms with van der Waals surface area (Å²) < 4.78 is 0. The summed E-state index contributed by atoms with van der Waals surface area (Å²) in [6, 6.07) is 0. The quantitative estimate of drug-likeness (QED) is 0.469. The highest BCUT2D eigenvalue weighted by Crippen LogP contribution is 2.30. The molecule has 1 atom stereocenters. The Morgan fingerprint density at radius 3 is 2.61 bits per heavy atom. The predicted molar refractivity (Wildman–Crippen MR) is 82.8 cm³/mol. The van der Waals surface area contributed by atoms with Crippen LogP contribution in [0.5, 0.6) is 0 Å². The van der Waals surface area contributed by atoms with Gasteiger partial charge < -0.3 is 0 Å². The molecule has 0 fully saturated rings. The molecule has 0 spiro atoms. The molecule has 18 heavy (non-hydrogen) atoms. The lowest BCUT2D eigenvalue weighted by molar-refractivity contribution is 0.545. The summed E-state index contributed by atoms with van der Waals surface area (Å²) in [4.78, 5) is 0. The second kappa shape index (κ2) is 9.19. The van der Waals surface area contributed by atoms with E-state index in [2.05, 4.69) is 45.1 Å². The van der Waals surface area contributed by atoms with Crippen LogP contribution in [0, 0.1) is 5.92 Å². The number of hydrogen-bond acceptors (Lipinski definition) is 0. The maximum Gasteiger partial charge on any atom is -0.0162 e. The number of rotatable bonds is 7. The highest BCUT2D eigenvalue weighted by molar-refractivity contribution is 5.30. The number of unbranched alkanes of at least 4 members (excludes halogenated alkanes) is 4. The van der Waals surface area contributed by atoms with Gasteiger partial charge in [0.1, 0.15) is 0 Å². The summed E-state index contributed by atoms with van der Waals surface area (Å²) in [5.41, 5.74) is 3.18. The van der Waals surface area contributed by atoms with Crippen molar-refractivity contribution in [2.45, 2.75) is 72.1 Å². The van der Waals surface area contributed by atoms with E-state index in [1.54, 1.807) is 5.57 Å². The molecule has 0 saturated carbocycles. The van der Waals surface area contributed by atoms with Crippen LogP contribution in [0.4, 0.5) is 0 Å². The highest BCUT2D eigenvalue weighted by Gasteiger charge is 2.14. The zero-order valence-electron chi connectivity index (χ0n) is 12.5. The molecule has 0 aromatic heterocycles. The molecule has 0 saturated heterocycles. The summed E-state index contributed by atoms with van der Waals surface area (Å²) in [5.74, 6) is 0.775. The Morgan fingerprint density at radius 2 is 1.94 bits per heavy atom. The lowest BCUT2D eigenvalue weighted by atomic mass is 9.87. The molecule has 0 heterocycles. The highest BCUT2D eigenvalue weighted by atomic mass is 14.2. The molecule has 1 unspecified atom stereocenters. The minimum absolute atomic E-state index is 0.775. The van der Waals surface area contributed by atoms with E-state index in [4.69, 9.17) is 0 Å². The van der Waals surface area contributed by atoms with E-state index in [0.717, 1.165) is 5.92 Å². The average Bonchev–Trinajstić information content (AvgIpc) is 2.60. The molecular weight excluding hydrogens is 216 g/mol. The van der Waals surface area contributed by atoms with Crippen molar-refractivity contribution in [3.8, 4) is 0 Å². The molecule has 0 nitrogen and oxygen atoms in total. The molecule has 102 valence electrons. The fourth-order valence-electron chi connectivity index (χ4n) is 2.76. The van der Waals surface area contributed by atoms with Crippen molar-refractivity contribution in [3.63, 3.8) is 0 Å². The van der Waals surface area contributed by atoms with Crippen LogP contribution in [0.25, 0.3) is 0 Å². The Hall–Kier alpha value is -0.780. The summed E-state index contributed by atoms with van der Waals surface area (Å²) in [6.45, 7) is 6.76. The first kappa shape index (κ1) is 15.3. The SMILES string of the molecule is C/C=C1/C=CC=C(CCCCCCC)C(CC)C1. The second-order valence-electron chi connectivity index (χ2n) is 5.44. The first-order chi connectivity index (χ1) is 8.81. The van der Waals surface area contributed by atoms with E-state index in [1.807, 2.05) is 0 Å². The molecule has 0 radical (unpaired) electrons. The van der Waals surface area contributed by atoms with Crippen molar-refractivity contribution in [1.29, 1.82) is 0 Å². The maximum absolute atomic E-state index is 2.38. The van der Waals surface area contributed by atoms with Crippen LogP contribution in [-0.2, 0) is 0 Å². The van der Waals surface area contributed by atoms with Gasteiger partial charge in [-0.2, -0.15) is 0 Å². The van der Waals surface area contributed by atoms with Crippen LogP contribution in [-0.4, -0.2) is 0 Å². The van der Waals surface area contributed by atoms with Gasteiger partial charge in [0.2, 0.25) is 0 Å². The van der Waals surface area contributed by atoms with E-state index in [1.165, 1.54) is 56.9 Å². The van der Waals surface area contributed by atoms with E-state index in [0.29, 0.717) is 0 Å². The van der Waals surface area contributed by atoms with Crippen LogP contribution in [0.2, 0.25) is 0 Å². The molecule has 0 aliphatic heterocycles. The normalized spacial score (nSPS) is 22.1. The molecule has 0 aromatic rings. The smallest absolute Gasteiger partial charge is 0.0162 e. The zero-order valence-corrected chi connectivity index (χ0v) is 12.5. The third-order valence-corrected chi connectivity index (χ3v) is 4.06. The molecule has 0 bridgehead atoms. The largest absolute Gasteiger partial charge is 0.0844 e. The molecule has 0 amide bonds. The van der Waals surface area contributed by atoms with E-state index >= 15 is 0 Å². The minimum atomic E-state index is 0.775. The van der Waals surface area contributed by atoms with Crippen LogP contribution in [0.3, 0.4) is 0 Å². The average molecular weight is 246 g/mol. The van der Waals surface area contributed by atoms with E-state index in [9.17, 15) is 0 Å². The fourth-order valence-corrected chi connectivity index (χ4v) is 2.76. The Kier molecular flexibility index (Phi) is 7.80. The minimum Gasteiger partial charge on any atom is -0.0844 e. The third kappa shape index (κ3) is 5.25. The van der Waals surface area contributed by atoms with Gasteiger partial charge in [0.15, 0.2) is 0 Å². The topological polar surface area (TPSA) is 0 Å². The molecular formula is C18H30. The first-order valence-corrected chi connectivity index (χ1v) is 7.84. The monoisotopic (exact) mass is 246 g/mol. The summed E-state index contributed by atoms with van der Waals surface area (Å²) in [6.07, 6.45) is 19.9. The van der Waals surface area contributed by atoms with Gasteiger partial charge in [0, 0.05) is 0 Å². The van der Waals surface area contributed by atoms with Crippen molar-refractivity contribution >= 4 is 0 Å². The maximum atomic E-state index is 2.38. The van der Waals surface area contributed by atoms with Crippen molar-refractivity contribution in [2.75, 3.05) is 0 Å². The van der Waals surface area contributed by atoms with Crippen molar-refractivity contribution in [1.82, 2.24) is 0 Å². The molecule has 0 aromatic carbocycles. The Bertz CT molecular complexity index is 304. The van der Waals surface area contributed by atoms with Gasteiger partial charge in [-0.15, -0.1) is 0 Å². The Labute approximate surface area is 114 Å². The van der Waals surface area contributed by atoms with Crippen molar-refractivity contribution in [2.24, 2.45) is 5.92 Å². The molecule has 1 aliphatic rings. The van der Waals surface area contributed by atoms with E-state index in [-0.39, 0.29) is 0 Å². The van der Waals surface area contributed by atoms with Crippen LogP contribution < -0.4 is 0 Å². The lowest BCUT2D eigenvalue weighted by Crippen LogP contribution is -2.03. The van der Waals surface area contributed by atoms with Crippen LogP contribution in [0.15, 0.2) is 35.5 Å². The summed E-state index contributed by atoms with van der Waals surface area (Å²) in [5, 5.41) is 0. The van der Waals surface area contributed by atoms with Gasteiger partial charge in [0.05, 0.1) is 0 Å². The zero-order chi connectivity index (χ0) is 13.2. The fraction of sp³-hybridized carbons (Fsp3) is 0.667. The van der Waals surface area contributed by atoms with Gasteiger partial charge in [-0.1, -0.05) is 75.0 Å². The Morgan fingerprint density at radius 1 is 1.17 bits per heavy atom. The van der Waals surface area contributed by atoms with Gasteiger partial charge >= 0.3 is 0 Å². The number of hydrogen-bond donors (Lipinski definition) is 0. The summed E-state index contributed by atoms with van der Waals surface area (Å²) in [7, 11) is 0. The van der Waals surface area contributed by atoms with E-state index < -0.39 is 0 Å². The van der Waals surface area contributed by atoms with Crippen molar-refractivity contribution in [3.05, 3.63) is 35.5 Å². The summed E-state index contributed by atoms with van der Waals surface area (Å²) >= 11 is 0. The Balaban J connectivity index is 2.43. The number of allylic oxidation sites excluding steroid dienone is 6. The second-order valence-corrected chi connectivity index (χ2v) is 5.44. The molecule has 1 aliphatic carbocycles. The van der Waals surface area contributed by atoms with Crippen LogP contribution >= 0.6 is 0 Å². The molecule has 1 rings (SSSR count). The molecule has 0 N–H and O–H groups in total. The van der Waals surface area contributed by atoms with Gasteiger partial charge in [-0.05, 0) is 38.5 Å². The molecule has 0 heteroatoms. The van der Waals surface area contributed by atoms with Gasteiger partial charge in [-0.3, -0.25) is 0 Å². The third-order valence-electron chi connectivity index (χ3n) is 4.06. The first-order valence-electron chi connectivity index (χ1n) is 7.84. The predicted octanol–water partition coefficient (Wildman–Crippen LogP) is 6.21.